The lowest BCUT2D eigenvalue weighted by Gasteiger charge is -2.28. The molecule has 0 unspecified atom stereocenters. The molecule has 0 fully saturated rings. The minimum absolute atomic E-state index is 0.312. The zero-order valence-corrected chi connectivity index (χ0v) is 22.6. The van der Waals surface area contributed by atoms with Crippen LogP contribution in [-0.4, -0.2) is 33.2 Å². The third-order valence-electron chi connectivity index (χ3n) is 7.36. The molecule has 0 amide bonds. The van der Waals surface area contributed by atoms with Gasteiger partial charge in [-0.1, -0.05) is 62.4 Å². The van der Waals surface area contributed by atoms with Crippen molar-refractivity contribution in [3.8, 4) is 11.1 Å². The number of carbonyl (C=O) groups is 2. The van der Waals surface area contributed by atoms with Crippen LogP contribution in [0.25, 0.3) is 11.1 Å². The van der Waals surface area contributed by atoms with Gasteiger partial charge in [-0.2, -0.15) is 0 Å². The number of carbonyl (C=O) groups excluding carboxylic acids is 2. The molecule has 3 aliphatic rings. The van der Waals surface area contributed by atoms with Crippen LogP contribution in [0.3, 0.4) is 0 Å². The second kappa shape index (κ2) is 10.6. The number of ether oxygens (including phenoxy) is 2. The molecule has 0 spiro atoms. The lowest BCUT2D eigenvalue weighted by Crippen LogP contribution is -2.25. The average molecular weight is 498 g/mol. The largest absolute Gasteiger partial charge is 0.466 e. The number of rotatable bonds is 6. The van der Waals surface area contributed by atoms with Crippen LogP contribution in [-0.2, 0) is 19.1 Å². The second-order valence-corrected chi connectivity index (χ2v) is 9.91. The summed E-state index contributed by atoms with van der Waals surface area (Å²) in [5, 5.41) is 3.11. The molecule has 0 saturated carbocycles. The first kappa shape index (κ1) is 26.2. The number of hydrogen-bond donors (Lipinski definition) is 1. The molecule has 1 N–H and O–H groups in total. The van der Waals surface area contributed by atoms with E-state index in [1.165, 1.54) is 19.8 Å². The molecule has 0 aliphatic heterocycles. The first-order chi connectivity index (χ1) is 17.7. The van der Waals surface area contributed by atoms with Crippen LogP contribution >= 0.6 is 0 Å². The maximum Gasteiger partial charge on any atom is 0.335 e. The normalized spacial score (nSPS) is 17.3. The van der Waals surface area contributed by atoms with Gasteiger partial charge in [0.25, 0.3) is 0 Å². The fraction of sp³-hybridized carbons (Fsp3) is 0.312. The SMILES string of the molecule is CNc1ccc([C@H]2C=C[C@@H](c3cc(C)c4cc(C(C)C)ccc(C)c3-4)C(C(=O)OC)=C2C(=O)OC)cc1. The molecule has 0 bridgehead atoms. The van der Waals surface area contributed by atoms with E-state index in [0.29, 0.717) is 17.1 Å². The van der Waals surface area contributed by atoms with E-state index in [-0.39, 0.29) is 0 Å². The summed E-state index contributed by atoms with van der Waals surface area (Å²) in [6.45, 7) is 8.56. The number of aryl methyl sites for hydroxylation is 2. The van der Waals surface area contributed by atoms with Crippen molar-refractivity contribution >= 4 is 17.6 Å². The summed E-state index contributed by atoms with van der Waals surface area (Å²) in [6, 6.07) is 16.5. The molecule has 0 saturated heterocycles. The van der Waals surface area contributed by atoms with Gasteiger partial charge in [-0.05, 0) is 70.8 Å². The highest BCUT2D eigenvalue weighted by Gasteiger charge is 2.38. The van der Waals surface area contributed by atoms with E-state index in [9.17, 15) is 9.59 Å². The van der Waals surface area contributed by atoms with Crippen molar-refractivity contribution < 1.29 is 19.1 Å². The van der Waals surface area contributed by atoms with Crippen LogP contribution in [0.4, 0.5) is 5.69 Å². The zero-order valence-electron chi connectivity index (χ0n) is 22.6. The molecular weight excluding hydrogens is 462 g/mol. The maximum absolute atomic E-state index is 13.4. The standard InChI is InChI=1S/C32H35NO4/c1-18(2)22-9-8-19(3)28-26(17-22)20(4)16-27(28)25-15-14-24(21-10-12-23(33-5)13-11-21)29(31(34)36-6)30(25)32(35)37-7/h8-18,24-25,33H,1-7H3/t24-,25+/m1/s1. The Labute approximate surface area is 219 Å². The van der Waals surface area contributed by atoms with Crippen molar-refractivity contribution in [1.82, 2.24) is 0 Å². The van der Waals surface area contributed by atoms with Gasteiger partial charge in [-0.25, -0.2) is 9.59 Å². The Morgan fingerprint density at radius 3 is 1.97 bits per heavy atom. The minimum Gasteiger partial charge on any atom is -0.466 e. The van der Waals surface area contributed by atoms with E-state index < -0.39 is 23.8 Å². The van der Waals surface area contributed by atoms with Crippen LogP contribution < -0.4 is 5.32 Å². The van der Waals surface area contributed by atoms with Crippen LogP contribution in [0.15, 0.2) is 71.8 Å². The van der Waals surface area contributed by atoms with Gasteiger partial charge in [0.2, 0.25) is 0 Å². The Morgan fingerprint density at radius 2 is 1.41 bits per heavy atom. The van der Waals surface area contributed by atoms with Gasteiger partial charge in [0, 0.05) is 24.6 Å². The third-order valence-corrected chi connectivity index (χ3v) is 7.36. The van der Waals surface area contributed by atoms with Gasteiger partial charge < -0.3 is 14.8 Å². The van der Waals surface area contributed by atoms with Crippen molar-refractivity contribution in [3.05, 3.63) is 99.6 Å². The molecule has 37 heavy (non-hydrogen) atoms. The number of methoxy groups -OCH3 is 2. The van der Waals surface area contributed by atoms with Gasteiger partial charge in [-0.3, -0.25) is 0 Å². The fourth-order valence-electron chi connectivity index (χ4n) is 5.32. The highest BCUT2D eigenvalue weighted by atomic mass is 16.5. The van der Waals surface area contributed by atoms with Crippen molar-refractivity contribution in [2.75, 3.05) is 26.6 Å². The smallest absolute Gasteiger partial charge is 0.335 e. The number of benzene rings is 1. The summed E-state index contributed by atoms with van der Waals surface area (Å²) in [7, 11) is 4.55. The predicted octanol–water partition coefficient (Wildman–Crippen LogP) is 6.65. The Kier molecular flexibility index (Phi) is 7.53. The molecule has 5 nitrogen and oxygen atoms in total. The fourth-order valence-corrected chi connectivity index (χ4v) is 5.32. The van der Waals surface area contributed by atoms with E-state index in [2.05, 4.69) is 57.3 Å². The molecule has 4 rings (SSSR count). The van der Waals surface area contributed by atoms with Gasteiger partial charge in [0.15, 0.2) is 0 Å². The number of fused-ring (bicyclic) bond motifs is 1. The molecule has 1 aromatic rings. The minimum atomic E-state index is -0.533. The van der Waals surface area contributed by atoms with Crippen molar-refractivity contribution in [3.63, 3.8) is 0 Å². The summed E-state index contributed by atoms with van der Waals surface area (Å²) in [5.41, 5.74) is 9.22. The number of nitrogens with one attached hydrogen (secondary N) is 1. The lowest BCUT2D eigenvalue weighted by molar-refractivity contribution is -0.139. The Morgan fingerprint density at radius 1 is 0.811 bits per heavy atom. The summed E-state index contributed by atoms with van der Waals surface area (Å²) in [6.07, 6.45) is 4.03. The van der Waals surface area contributed by atoms with Crippen molar-refractivity contribution in [1.29, 1.82) is 0 Å². The average Bonchev–Trinajstić information content (AvgIpc) is 3.12. The Balaban J connectivity index is 1.95. The molecule has 192 valence electrons. The summed E-state index contributed by atoms with van der Waals surface area (Å²) in [4.78, 5) is 26.6. The van der Waals surface area contributed by atoms with E-state index in [1.54, 1.807) is 0 Å². The summed E-state index contributed by atoms with van der Waals surface area (Å²) >= 11 is 0. The first-order valence-electron chi connectivity index (χ1n) is 12.6. The van der Waals surface area contributed by atoms with Crippen LogP contribution in [0, 0.1) is 13.8 Å². The van der Waals surface area contributed by atoms with E-state index >= 15 is 0 Å². The third kappa shape index (κ3) is 4.78. The maximum atomic E-state index is 13.4. The molecule has 1 aromatic carbocycles. The van der Waals surface area contributed by atoms with Crippen molar-refractivity contribution in [2.45, 2.75) is 45.4 Å². The highest BCUT2D eigenvalue weighted by molar-refractivity contribution is 6.04. The monoisotopic (exact) mass is 497 g/mol. The molecule has 0 aromatic heterocycles. The Bertz CT molecular complexity index is 1360. The quantitative estimate of drug-likeness (QED) is 0.305. The molecule has 3 aliphatic carbocycles. The zero-order chi connectivity index (χ0) is 26.9. The van der Waals surface area contributed by atoms with Crippen LogP contribution in [0.2, 0.25) is 0 Å². The predicted molar refractivity (Wildman–Crippen MR) is 148 cm³/mol. The molecule has 0 heterocycles. The van der Waals surface area contributed by atoms with Gasteiger partial charge in [0.05, 0.1) is 25.4 Å². The molecule has 5 heteroatoms. The number of esters is 2. The molecule has 2 atom stereocenters. The van der Waals surface area contributed by atoms with Gasteiger partial charge in [-0.15, -0.1) is 0 Å². The van der Waals surface area contributed by atoms with E-state index in [4.69, 9.17) is 9.47 Å². The van der Waals surface area contributed by atoms with Gasteiger partial charge >= 0.3 is 11.9 Å². The topological polar surface area (TPSA) is 64.6 Å². The lowest BCUT2D eigenvalue weighted by atomic mass is 9.75. The van der Waals surface area contributed by atoms with Crippen LogP contribution in [0.5, 0.6) is 0 Å². The summed E-state index contributed by atoms with van der Waals surface area (Å²) in [5.74, 6) is -1.56. The first-order valence-corrected chi connectivity index (χ1v) is 12.6. The van der Waals surface area contributed by atoms with Crippen LogP contribution in [0.1, 0.15) is 59.4 Å². The second-order valence-electron chi connectivity index (χ2n) is 9.91. The molecular formula is C32H35NO4. The highest BCUT2D eigenvalue weighted by Crippen LogP contribution is 2.47. The van der Waals surface area contributed by atoms with Crippen molar-refractivity contribution in [2.24, 2.45) is 0 Å². The molecule has 0 radical (unpaired) electrons. The Hall–Kier alpha value is -3.86. The number of anilines is 1. The van der Waals surface area contributed by atoms with E-state index in [1.807, 2.05) is 43.5 Å². The van der Waals surface area contributed by atoms with E-state index in [0.717, 1.165) is 39.1 Å². The van der Waals surface area contributed by atoms with Gasteiger partial charge in [0.1, 0.15) is 0 Å². The number of hydrogen-bond acceptors (Lipinski definition) is 5. The summed E-state index contributed by atoms with van der Waals surface area (Å²) < 4.78 is 10.5. The number of allylic oxidation sites excluding steroid dienone is 2.